The fourth-order valence-corrected chi connectivity index (χ4v) is 4.65. The van der Waals surface area contributed by atoms with Crippen LogP contribution in [-0.2, 0) is 4.79 Å². The molecule has 3 aromatic rings. The van der Waals surface area contributed by atoms with Crippen LogP contribution in [0.15, 0.2) is 60.9 Å². The number of nitrogens with zero attached hydrogens (tertiary/aromatic N) is 6. The molecule has 2 fully saturated rings. The van der Waals surface area contributed by atoms with Gasteiger partial charge in [-0.2, -0.15) is 0 Å². The van der Waals surface area contributed by atoms with E-state index >= 15 is 0 Å². The van der Waals surface area contributed by atoms with Crippen molar-refractivity contribution in [3.05, 3.63) is 66.7 Å². The topological polar surface area (TPSA) is 65.5 Å². The third kappa shape index (κ3) is 4.65. The number of aromatic nitrogens is 3. The number of carbonyl (C=O) groups excluding carboxylic acids is 1. The fraction of sp³-hybridized carbons (Fsp3) is 0.360. The van der Waals surface area contributed by atoms with Crippen molar-refractivity contribution in [2.75, 3.05) is 49.1 Å². The summed E-state index contributed by atoms with van der Waals surface area (Å²) in [5.41, 5.74) is 2.36. The average Bonchev–Trinajstić information content (AvgIpc) is 2.89. The molecule has 7 nitrogen and oxygen atoms in total. The van der Waals surface area contributed by atoms with Crippen LogP contribution in [0.2, 0.25) is 0 Å². The molecule has 2 saturated heterocycles. The zero-order chi connectivity index (χ0) is 22.6. The first-order chi connectivity index (χ1) is 16.2. The third-order valence-corrected chi connectivity index (χ3v) is 6.56. The van der Waals surface area contributed by atoms with Crippen LogP contribution in [0.5, 0.6) is 0 Å². The van der Waals surface area contributed by atoms with Gasteiger partial charge in [0.05, 0.1) is 11.4 Å². The van der Waals surface area contributed by atoms with Gasteiger partial charge in [-0.1, -0.05) is 12.1 Å². The van der Waals surface area contributed by atoms with E-state index in [1.807, 2.05) is 40.1 Å². The van der Waals surface area contributed by atoms with Crippen LogP contribution in [-0.4, -0.2) is 65.3 Å². The molecule has 2 aliphatic rings. The van der Waals surface area contributed by atoms with Gasteiger partial charge >= 0.3 is 0 Å². The number of pyridine rings is 1. The van der Waals surface area contributed by atoms with E-state index in [4.69, 9.17) is 0 Å². The van der Waals surface area contributed by atoms with Crippen LogP contribution in [0.3, 0.4) is 0 Å². The molecule has 2 aromatic heterocycles. The molecule has 0 atom stereocenters. The van der Waals surface area contributed by atoms with Crippen LogP contribution in [0, 0.1) is 11.7 Å². The summed E-state index contributed by atoms with van der Waals surface area (Å²) in [6.45, 7) is 4.15. The molecule has 170 valence electrons. The second-order valence-electron chi connectivity index (χ2n) is 8.54. The van der Waals surface area contributed by atoms with Crippen molar-refractivity contribution in [1.82, 2.24) is 20.1 Å². The minimum Gasteiger partial charge on any atom is -0.366 e. The number of benzene rings is 1. The number of piperazine rings is 1. The van der Waals surface area contributed by atoms with Crippen LogP contribution < -0.4 is 9.80 Å². The highest BCUT2D eigenvalue weighted by Crippen LogP contribution is 2.26. The Balaban J connectivity index is 1.13. The number of hydrogen-bond donors (Lipinski definition) is 0. The van der Waals surface area contributed by atoms with Gasteiger partial charge in [0.15, 0.2) is 5.82 Å². The van der Waals surface area contributed by atoms with Gasteiger partial charge in [0.2, 0.25) is 5.91 Å². The second-order valence-corrected chi connectivity index (χ2v) is 8.54. The second kappa shape index (κ2) is 9.52. The highest BCUT2D eigenvalue weighted by molar-refractivity contribution is 5.79. The molecule has 2 aliphatic heterocycles. The lowest BCUT2D eigenvalue weighted by Gasteiger charge is -2.39. The quantitative estimate of drug-likeness (QED) is 0.613. The number of hydrogen-bond acceptors (Lipinski definition) is 6. The Hall–Kier alpha value is -3.55. The smallest absolute Gasteiger partial charge is 0.225 e. The van der Waals surface area contributed by atoms with E-state index in [1.165, 1.54) is 6.07 Å². The lowest BCUT2D eigenvalue weighted by Crippen LogP contribution is -2.52. The molecule has 1 aromatic carbocycles. The summed E-state index contributed by atoms with van der Waals surface area (Å²) in [6, 6.07) is 14.6. The van der Waals surface area contributed by atoms with Crippen LogP contribution >= 0.6 is 0 Å². The Morgan fingerprint density at radius 1 is 0.848 bits per heavy atom. The van der Waals surface area contributed by atoms with Crippen molar-refractivity contribution in [1.29, 1.82) is 0 Å². The minimum atomic E-state index is -0.207. The number of carbonyl (C=O) groups is 1. The molecular formula is C25H27FN6O. The summed E-state index contributed by atoms with van der Waals surface area (Å²) in [5, 5.41) is 8.75. The molecular weight excluding hydrogens is 419 g/mol. The van der Waals surface area contributed by atoms with Crippen molar-refractivity contribution in [2.24, 2.45) is 5.92 Å². The zero-order valence-corrected chi connectivity index (χ0v) is 18.5. The monoisotopic (exact) mass is 446 g/mol. The number of para-hydroxylation sites is 1. The van der Waals surface area contributed by atoms with Crippen LogP contribution in [0.25, 0.3) is 11.3 Å². The molecule has 0 unspecified atom stereocenters. The van der Waals surface area contributed by atoms with Crippen molar-refractivity contribution >= 4 is 17.4 Å². The number of rotatable bonds is 4. The summed E-state index contributed by atoms with van der Waals surface area (Å²) in [7, 11) is 0. The van der Waals surface area contributed by atoms with Gasteiger partial charge in [-0.15, -0.1) is 10.2 Å². The molecule has 4 heterocycles. The van der Waals surface area contributed by atoms with Gasteiger partial charge in [0, 0.05) is 63.1 Å². The highest BCUT2D eigenvalue weighted by Gasteiger charge is 2.31. The highest BCUT2D eigenvalue weighted by atomic mass is 19.1. The first-order valence-electron chi connectivity index (χ1n) is 11.5. The third-order valence-electron chi connectivity index (χ3n) is 6.56. The van der Waals surface area contributed by atoms with Gasteiger partial charge < -0.3 is 14.7 Å². The molecule has 0 saturated carbocycles. The first kappa shape index (κ1) is 21.3. The molecule has 5 rings (SSSR count). The van der Waals surface area contributed by atoms with Gasteiger partial charge in [0.25, 0.3) is 0 Å². The van der Waals surface area contributed by atoms with Gasteiger partial charge in [-0.3, -0.25) is 9.78 Å². The van der Waals surface area contributed by atoms with Crippen molar-refractivity contribution in [3.63, 3.8) is 0 Å². The molecule has 0 bridgehead atoms. The average molecular weight is 447 g/mol. The molecule has 1 amide bonds. The molecule has 0 aliphatic carbocycles. The van der Waals surface area contributed by atoms with Gasteiger partial charge in [0.1, 0.15) is 5.82 Å². The van der Waals surface area contributed by atoms with E-state index in [9.17, 15) is 9.18 Å². The van der Waals surface area contributed by atoms with Gasteiger partial charge in [-0.05, 0) is 49.2 Å². The zero-order valence-electron chi connectivity index (χ0n) is 18.5. The first-order valence-corrected chi connectivity index (χ1v) is 11.5. The lowest BCUT2D eigenvalue weighted by molar-refractivity contribution is -0.136. The molecule has 8 heteroatoms. The number of halogens is 1. The Labute approximate surface area is 192 Å². The Kier molecular flexibility index (Phi) is 6.15. The van der Waals surface area contributed by atoms with Crippen LogP contribution in [0.4, 0.5) is 15.9 Å². The molecule has 0 spiro atoms. The largest absolute Gasteiger partial charge is 0.366 e. The maximum Gasteiger partial charge on any atom is 0.225 e. The molecule has 33 heavy (non-hydrogen) atoms. The normalized spacial score (nSPS) is 17.3. The number of anilines is 2. The van der Waals surface area contributed by atoms with Crippen molar-refractivity contribution < 1.29 is 9.18 Å². The summed E-state index contributed by atoms with van der Waals surface area (Å²) in [6.07, 6.45) is 5.12. The SMILES string of the molecule is O=C(C1CCN(c2ccc(-c3cccnc3)nn2)CC1)N1CCN(c2ccccc2F)CC1. The molecule has 0 N–H and O–H groups in total. The van der Waals surface area contributed by atoms with Crippen molar-refractivity contribution in [2.45, 2.75) is 12.8 Å². The number of piperidine rings is 1. The predicted octanol–water partition coefficient (Wildman–Crippen LogP) is 3.24. The van der Waals surface area contributed by atoms with Gasteiger partial charge in [-0.25, -0.2) is 4.39 Å². The van der Waals surface area contributed by atoms with E-state index in [0.29, 0.717) is 31.9 Å². The summed E-state index contributed by atoms with van der Waals surface area (Å²) in [5.74, 6) is 0.887. The molecule has 0 radical (unpaired) electrons. The standard InChI is InChI=1S/C25H27FN6O/c26-21-5-1-2-6-23(21)30-14-16-32(17-15-30)25(33)19-9-12-31(13-10-19)24-8-7-22(28-29-24)20-4-3-11-27-18-20/h1-8,11,18-19H,9-10,12-17H2. The van der Waals surface area contributed by atoms with E-state index in [-0.39, 0.29) is 17.6 Å². The maximum atomic E-state index is 14.1. The Bertz CT molecular complexity index is 1080. The summed E-state index contributed by atoms with van der Waals surface area (Å²) < 4.78 is 14.1. The van der Waals surface area contributed by atoms with E-state index in [0.717, 1.165) is 43.0 Å². The van der Waals surface area contributed by atoms with E-state index in [2.05, 4.69) is 20.1 Å². The maximum absolute atomic E-state index is 14.1. The van der Waals surface area contributed by atoms with E-state index in [1.54, 1.807) is 24.5 Å². The fourth-order valence-electron chi connectivity index (χ4n) is 4.65. The lowest BCUT2D eigenvalue weighted by atomic mass is 9.95. The number of amides is 1. The summed E-state index contributed by atoms with van der Waals surface area (Å²) >= 11 is 0. The minimum absolute atomic E-state index is 0.0314. The predicted molar refractivity (Wildman–Crippen MR) is 125 cm³/mol. The summed E-state index contributed by atoms with van der Waals surface area (Å²) in [4.78, 5) is 23.4. The van der Waals surface area contributed by atoms with E-state index < -0.39 is 0 Å². The van der Waals surface area contributed by atoms with Crippen LogP contribution in [0.1, 0.15) is 12.8 Å². The Morgan fingerprint density at radius 3 is 2.30 bits per heavy atom. The van der Waals surface area contributed by atoms with Crippen molar-refractivity contribution in [3.8, 4) is 11.3 Å². The Morgan fingerprint density at radius 2 is 1.64 bits per heavy atom.